The van der Waals surface area contributed by atoms with Gasteiger partial charge in [-0.25, -0.2) is 4.39 Å². The number of benzene rings is 1. The zero-order valence-electron chi connectivity index (χ0n) is 10.0. The van der Waals surface area contributed by atoms with Crippen LogP contribution in [0, 0.1) is 12.7 Å². The predicted molar refractivity (Wildman–Crippen MR) is 64.1 cm³/mol. The van der Waals surface area contributed by atoms with Gasteiger partial charge >= 0.3 is 0 Å². The van der Waals surface area contributed by atoms with E-state index in [9.17, 15) is 4.39 Å². The average molecular weight is 225 g/mol. The number of hydrogen-bond donors (Lipinski definition) is 1. The third-order valence-electron chi connectivity index (χ3n) is 2.64. The van der Waals surface area contributed by atoms with E-state index in [4.69, 9.17) is 10.5 Å². The average Bonchev–Trinajstić information content (AvgIpc) is 2.28. The molecule has 90 valence electrons. The highest BCUT2D eigenvalue weighted by Gasteiger charge is 2.01. The van der Waals surface area contributed by atoms with Crippen molar-refractivity contribution in [3.8, 4) is 5.75 Å². The molecule has 2 N–H and O–H groups in total. The van der Waals surface area contributed by atoms with Gasteiger partial charge in [0.25, 0.3) is 0 Å². The Bertz CT molecular complexity index is 328. The Hall–Kier alpha value is -1.09. The number of ether oxygens (including phenoxy) is 1. The molecule has 0 saturated carbocycles. The summed E-state index contributed by atoms with van der Waals surface area (Å²) in [6, 6.07) is 5.07. The van der Waals surface area contributed by atoms with Crippen LogP contribution in [0.15, 0.2) is 18.2 Å². The minimum absolute atomic E-state index is 0.194. The quantitative estimate of drug-likeness (QED) is 0.755. The first kappa shape index (κ1) is 13.0. The fraction of sp³-hybridized carbons (Fsp3) is 0.538. The van der Waals surface area contributed by atoms with E-state index in [1.165, 1.54) is 6.07 Å². The van der Waals surface area contributed by atoms with E-state index in [0.29, 0.717) is 12.2 Å². The molecule has 2 nitrogen and oxygen atoms in total. The van der Waals surface area contributed by atoms with Gasteiger partial charge in [-0.1, -0.05) is 6.92 Å². The van der Waals surface area contributed by atoms with Gasteiger partial charge in [0.05, 0.1) is 6.61 Å². The van der Waals surface area contributed by atoms with Crippen molar-refractivity contribution < 1.29 is 9.13 Å². The van der Waals surface area contributed by atoms with Crippen molar-refractivity contribution in [3.05, 3.63) is 29.6 Å². The molecule has 3 heteroatoms. The van der Waals surface area contributed by atoms with Gasteiger partial charge in [-0.3, -0.25) is 0 Å². The molecule has 0 aliphatic rings. The van der Waals surface area contributed by atoms with Crippen molar-refractivity contribution in [1.29, 1.82) is 0 Å². The fourth-order valence-corrected chi connectivity index (χ4v) is 1.45. The summed E-state index contributed by atoms with van der Waals surface area (Å²) < 4.78 is 18.5. The first-order chi connectivity index (χ1) is 7.63. The summed E-state index contributed by atoms with van der Waals surface area (Å²) in [4.78, 5) is 0. The molecule has 1 unspecified atom stereocenters. The Labute approximate surface area is 96.6 Å². The lowest BCUT2D eigenvalue weighted by Gasteiger charge is -2.10. The topological polar surface area (TPSA) is 35.2 Å². The minimum Gasteiger partial charge on any atom is -0.494 e. The second-order valence-corrected chi connectivity index (χ2v) is 4.07. The highest BCUT2D eigenvalue weighted by molar-refractivity contribution is 5.28. The molecule has 1 aromatic carbocycles. The Balaban J connectivity index is 2.29. The molecule has 0 radical (unpaired) electrons. The summed E-state index contributed by atoms with van der Waals surface area (Å²) in [5.74, 6) is 0.532. The lowest BCUT2D eigenvalue weighted by Crippen LogP contribution is -2.19. The standard InChI is InChI=1S/C13H20FNO/c1-3-11(15)5-4-8-16-12-6-7-13(14)10(2)9-12/h6-7,9,11H,3-5,8,15H2,1-2H3. The van der Waals surface area contributed by atoms with Gasteiger partial charge in [0, 0.05) is 6.04 Å². The normalized spacial score (nSPS) is 12.5. The molecular weight excluding hydrogens is 205 g/mol. The summed E-state index contributed by atoms with van der Waals surface area (Å²) in [6.07, 6.45) is 2.90. The van der Waals surface area contributed by atoms with Crippen LogP contribution in [0.3, 0.4) is 0 Å². The van der Waals surface area contributed by atoms with Crippen LogP contribution in [0.4, 0.5) is 4.39 Å². The number of hydrogen-bond acceptors (Lipinski definition) is 2. The first-order valence-corrected chi connectivity index (χ1v) is 5.78. The second kappa shape index (κ2) is 6.48. The zero-order valence-corrected chi connectivity index (χ0v) is 10.0. The van der Waals surface area contributed by atoms with Crippen LogP contribution in [0.1, 0.15) is 31.7 Å². The predicted octanol–water partition coefficient (Wildman–Crippen LogP) is 3.03. The van der Waals surface area contributed by atoms with E-state index < -0.39 is 0 Å². The van der Waals surface area contributed by atoms with E-state index in [2.05, 4.69) is 6.92 Å². The summed E-state index contributed by atoms with van der Waals surface area (Å²) in [5, 5.41) is 0. The Kier molecular flexibility index (Phi) is 5.26. The molecule has 0 aliphatic carbocycles. The van der Waals surface area contributed by atoms with Gasteiger partial charge in [-0.05, 0) is 49.9 Å². The molecule has 0 bridgehead atoms. The molecule has 1 aromatic rings. The maximum absolute atomic E-state index is 13.0. The van der Waals surface area contributed by atoms with Crippen LogP contribution in [-0.2, 0) is 0 Å². The first-order valence-electron chi connectivity index (χ1n) is 5.78. The Morgan fingerprint density at radius 1 is 1.44 bits per heavy atom. The molecule has 0 heterocycles. The molecule has 0 saturated heterocycles. The molecule has 0 spiro atoms. The summed E-state index contributed by atoms with van der Waals surface area (Å²) in [5.41, 5.74) is 6.40. The maximum atomic E-state index is 13.0. The molecule has 16 heavy (non-hydrogen) atoms. The highest BCUT2D eigenvalue weighted by Crippen LogP contribution is 2.16. The molecule has 0 aliphatic heterocycles. The number of rotatable bonds is 6. The Morgan fingerprint density at radius 2 is 2.19 bits per heavy atom. The second-order valence-electron chi connectivity index (χ2n) is 4.07. The van der Waals surface area contributed by atoms with Crippen LogP contribution in [-0.4, -0.2) is 12.6 Å². The lowest BCUT2D eigenvalue weighted by molar-refractivity contribution is 0.300. The summed E-state index contributed by atoms with van der Waals surface area (Å²) in [6.45, 7) is 4.45. The summed E-state index contributed by atoms with van der Waals surface area (Å²) >= 11 is 0. The molecular formula is C13H20FNO. The number of aryl methyl sites for hydroxylation is 1. The number of nitrogens with two attached hydrogens (primary N) is 1. The third-order valence-corrected chi connectivity index (χ3v) is 2.64. The third kappa shape index (κ3) is 4.19. The van der Waals surface area contributed by atoms with Crippen molar-refractivity contribution >= 4 is 0 Å². The molecule has 1 rings (SSSR count). The SMILES string of the molecule is CCC(N)CCCOc1ccc(F)c(C)c1. The monoisotopic (exact) mass is 225 g/mol. The maximum Gasteiger partial charge on any atom is 0.126 e. The van der Waals surface area contributed by atoms with Crippen LogP contribution in [0.25, 0.3) is 0 Å². The van der Waals surface area contributed by atoms with Crippen LogP contribution >= 0.6 is 0 Å². The largest absolute Gasteiger partial charge is 0.494 e. The van der Waals surface area contributed by atoms with Crippen molar-refractivity contribution in [3.63, 3.8) is 0 Å². The smallest absolute Gasteiger partial charge is 0.126 e. The fourth-order valence-electron chi connectivity index (χ4n) is 1.45. The van der Waals surface area contributed by atoms with E-state index in [-0.39, 0.29) is 11.9 Å². The zero-order chi connectivity index (χ0) is 12.0. The van der Waals surface area contributed by atoms with Crippen molar-refractivity contribution in [2.45, 2.75) is 39.2 Å². The molecule has 0 fully saturated rings. The van der Waals surface area contributed by atoms with Gasteiger partial charge in [0.1, 0.15) is 11.6 Å². The van der Waals surface area contributed by atoms with Crippen molar-refractivity contribution in [1.82, 2.24) is 0 Å². The van der Waals surface area contributed by atoms with Crippen LogP contribution in [0.5, 0.6) is 5.75 Å². The van der Waals surface area contributed by atoms with Gasteiger partial charge in [-0.2, -0.15) is 0 Å². The van der Waals surface area contributed by atoms with Gasteiger partial charge < -0.3 is 10.5 Å². The molecule has 0 aromatic heterocycles. The lowest BCUT2D eigenvalue weighted by atomic mass is 10.1. The van der Waals surface area contributed by atoms with E-state index in [0.717, 1.165) is 25.0 Å². The number of halogens is 1. The van der Waals surface area contributed by atoms with Gasteiger partial charge in [0.2, 0.25) is 0 Å². The van der Waals surface area contributed by atoms with Crippen LogP contribution in [0.2, 0.25) is 0 Å². The van der Waals surface area contributed by atoms with E-state index in [1.54, 1.807) is 19.1 Å². The van der Waals surface area contributed by atoms with Crippen LogP contribution < -0.4 is 10.5 Å². The molecule has 0 amide bonds. The minimum atomic E-state index is -0.194. The Morgan fingerprint density at radius 3 is 2.81 bits per heavy atom. The summed E-state index contributed by atoms with van der Waals surface area (Å²) in [7, 11) is 0. The van der Waals surface area contributed by atoms with E-state index >= 15 is 0 Å². The van der Waals surface area contributed by atoms with Crippen molar-refractivity contribution in [2.75, 3.05) is 6.61 Å². The molecule has 1 atom stereocenters. The van der Waals surface area contributed by atoms with Crippen molar-refractivity contribution in [2.24, 2.45) is 5.73 Å². The van der Waals surface area contributed by atoms with Gasteiger partial charge in [0.15, 0.2) is 0 Å². The van der Waals surface area contributed by atoms with Gasteiger partial charge in [-0.15, -0.1) is 0 Å². The van der Waals surface area contributed by atoms with E-state index in [1.807, 2.05) is 0 Å². The highest BCUT2D eigenvalue weighted by atomic mass is 19.1.